The molecule has 0 aromatic heterocycles. The van der Waals surface area contributed by atoms with E-state index in [1.54, 1.807) is 26.0 Å². The van der Waals surface area contributed by atoms with Crippen molar-refractivity contribution in [2.24, 2.45) is 5.92 Å². The maximum absolute atomic E-state index is 12.9. The Morgan fingerprint density at radius 1 is 1.17 bits per heavy atom. The summed E-state index contributed by atoms with van der Waals surface area (Å²) >= 11 is 5.98. The molecule has 9 heteroatoms. The predicted octanol–water partition coefficient (Wildman–Crippen LogP) is 3.50. The summed E-state index contributed by atoms with van der Waals surface area (Å²) in [5.41, 5.74) is 0.682. The first kappa shape index (κ1) is 22.3. The Bertz CT molecular complexity index is 903. The van der Waals surface area contributed by atoms with E-state index in [1.807, 2.05) is 0 Å². The van der Waals surface area contributed by atoms with Gasteiger partial charge in [-0.05, 0) is 36.1 Å². The van der Waals surface area contributed by atoms with Crippen LogP contribution in [0.25, 0.3) is 0 Å². The van der Waals surface area contributed by atoms with E-state index in [-0.39, 0.29) is 33.9 Å². The molecular formula is C20H21ClFN3O4. The average molecular weight is 422 g/mol. The molecule has 0 bridgehead atoms. The standard InChI is InChI=1S/C20H21ClFN3O4/c1-12(2)18(20(27)23-10-9-13-3-5-14(22)6-4-13)24-19(26)16-8-7-15(25(28)29)11-17(16)21/h3-8,11-12,18H,9-10H2,1-2H3,(H,23,27)(H,24,26). The van der Waals surface area contributed by atoms with Gasteiger partial charge in [0, 0.05) is 18.7 Å². The highest BCUT2D eigenvalue weighted by Gasteiger charge is 2.25. The summed E-state index contributed by atoms with van der Waals surface area (Å²) in [5.74, 6) is -1.50. The molecule has 0 saturated carbocycles. The Kier molecular flexibility index (Phi) is 7.67. The Morgan fingerprint density at radius 2 is 1.83 bits per heavy atom. The predicted molar refractivity (Wildman–Crippen MR) is 107 cm³/mol. The molecule has 2 aromatic rings. The Labute approximate surface area is 172 Å². The van der Waals surface area contributed by atoms with Gasteiger partial charge in [-0.2, -0.15) is 0 Å². The zero-order valence-electron chi connectivity index (χ0n) is 15.9. The fourth-order valence-corrected chi connectivity index (χ4v) is 2.91. The number of nitrogens with one attached hydrogen (secondary N) is 2. The number of amides is 2. The van der Waals surface area contributed by atoms with Gasteiger partial charge in [-0.15, -0.1) is 0 Å². The molecule has 2 aromatic carbocycles. The molecule has 0 heterocycles. The third kappa shape index (κ3) is 6.25. The van der Waals surface area contributed by atoms with E-state index in [0.29, 0.717) is 13.0 Å². The molecule has 0 aliphatic rings. The maximum atomic E-state index is 12.9. The van der Waals surface area contributed by atoms with Crippen LogP contribution in [-0.2, 0) is 11.2 Å². The number of nitro benzene ring substituents is 1. The van der Waals surface area contributed by atoms with Crippen molar-refractivity contribution in [3.05, 3.63) is 74.5 Å². The van der Waals surface area contributed by atoms with Crippen LogP contribution in [-0.4, -0.2) is 29.3 Å². The molecule has 0 aliphatic heterocycles. The first-order chi connectivity index (χ1) is 13.7. The molecule has 0 aliphatic carbocycles. The maximum Gasteiger partial charge on any atom is 0.270 e. The summed E-state index contributed by atoms with van der Waals surface area (Å²) in [4.78, 5) is 35.2. The Morgan fingerprint density at radius 3 is 2.38 bits per heavy atom. The van der Waals surface area contributed by atoms with Gasteiger partial charge in [-0.1, -0.05) is 37.6 Å². The normalized spacial score (nSPS) is 11.8. The van der Waals surface area contributed by atoms with Gasteiger partial charge in [0.15, 0.2) is 0 Å². The zero-order valence-corrected chi connectivity index (χ0v) is 16.7. The van der Waals surface area contributed by atoms with Crippen molar-refractivity contribution in [1.29, 1.82) is 0 Å². The van der Waals surface area contributed by atoms with Crippen molar-refractivity contribution in [3.63, 3.8) is 0 Å². The quantitative estimate of drug-likeness (QED) is 0.503. The monoisotopic (exact) mass is 421 g/mol. The lowest BCUT2D eigenvalue weighted by Gasteiger charge is -2.22. The van der Waals surface area contributed by atoms with E-state index >= 15 is 0 Å². The summed E-state index contributed by atoms with van der Waals surface area (Å²) in [6.07, 6.45) is 0.513. The minimum Gasteiger partial charge on any atom is -0.354 e. The second kappa shape index (κ2) is 9.97. The van der Waals surface area contributed by atoms with E-state index in [0.717, 1.165) is 11.6 Å². The highest BCUT2D eigenvalue weighted by Crippen LogP contribution is 2.22. The van der Waals surface area contributed by atoms with Crippen LogP contribution < -0.4 is 10.6 Å². The molecule has 1 unspecified atom stereocenters. The molecule has 29 heavy (non-hydrogen) atoms. The number of hydrogen-bond acceptors (Lipinski definition) is 4. The number of carbonyl (C=O) groups is 2. The summed E-state index contributed by atoms with van der Waals surface area (Å²) in [7, 11) is 0. The number of carbonyl (C=O) groups excluding carboxylic acids is 2. The average Bonchev–Trinajstić information content (AvgIpc) is 2.66. The van der Waals surface area contributed by atoms with E-state index in [9.17, 15) is 24.1 Å². The van der Waals surface area contributed by atoms with Crippen LogP contribution in [0.4, 0.5) is 10.1 Å². The molecule has 2 rings (SSSR count). The van der Waals surface area contributed by atoms with Crippen LogP contribution in [0.1, 0.15) is 29.8 Å². The number of benzene rings is 2. The molecule has 0 fully saturated rings. The fraction of sp³-hybridized carbons (Fsp3) is 0.300. The summed E-state index contributed by atoms with van der Waals surface area (Å²) in [6, 6.07) is 8.67. The van der Waals surface area contributed by atoms with Gasteiger partial charge in [-0.3, -0.25) is 19.7 Å². The van der Waals surface area contributed by atoms with Gasteiger partial charge >= 0.3 is 0 Å². The molecule has 154 valence electrons. The van der Waals surface area contributed by atoms with Gasteiger partial charge in [0.2, 0.25) is 5.91 Å². The van der Waals surface area contributed by atoms with E-state index in [4.69, 9.17) is 11.6 Å². The molecule has 0 radical (unpaired) electrons. The highest BCUT2D eigenvalue weighted by atomic mass is 35.5. The molecule has 0 saturated heterocycles. The van der Waals surface area contributed by atoms with Crippen molar-refractivity contribution < 1.29 is 18.9 Å². The molecule has 0 spiro atoms. The third-order valence-corrected chi connectivity index (χ3v) is 4.58. The zero-order chi connectivity index (χ0) is 21.6. The van der Waals surface area contributed by atoms with Crippen LogP contribution in [0.3, 0.4) is 0 Å². The SMILES string of the molecule is CC(C)C(NC(=O)c1ccc([N+](=O)[O-])cc1Cl)C(=O)NCCc1ccc(F)cc1. The number of rotatable bonds is 8. The van der Waals surface area contributed by atoms with Crippen molar-refractivity contribution in [2.75, 3.05) is 6.54 Å². The van der Waals surface area contributed by atoms with Crippen LogP contribution in [0.15, 0.2) is 42.5 Å². The minimum atomic E-state index is -0.818. The summed E-state index contributed by atoms with van der Waals surface area (Å²) in [6.45, 7) is 3.88. The fourth-order valence-electron chi connectivity index (χ4n) is 2.65. The van der Waals surface area contributed by atoms with Gasteiger partial charge < -0.3 is 10.6 Å². The summed E-state index contributed by atoms with van der Waals surface area (Å²) < 4.78 is 12.9. The van der Waals surface area contributed by atoms with Crippen molar-refractivity contribution in [2.45, 2.75) is 26.3 Å². The second-order valence-electron chi connectivity index (χ2n) is 6.78. The molecular weight excluding hydrogens is 401 g/mol. The van der Waals surface area contributed by atoms with E-state index in [2.05, 4.69) is 10.6 Å². The highest BCUT2D eigenvalue weighted by molar-refractivity contribution is 6.34. The Balaban J connectivity index is 1.99. The van der Waals surface area contributed by atoms with Crippen LogP contribution in [0, 0.1) is 21.8 Å². The van der Waals surface area contributed by atoms with Crippen molar-refractivity contribution >= 4 is 29.1 Å². The largest absolute Gasteiger partial charge is 0.354 e. The Hall–Kier alpha value is -3.00. The smallest absolute Gasteiger partial charge is 0.270 e. The molecule has 7 nitrogen and oxygen atoms in total. The second-order valence-corrected chi connectivity index (χ2v) is 7.19. The number of hydrogen-bond donors (Lipinski definition) is 2. The van der Waals surface area contributed by atoms with Crippen LogP contribution in [0.5, 0.6) is 0 Å². The number of halogens is 2. The first-order valence-corrected chi connectivity index (χ1v) is 9.33. The van der Waals surface area contributed by atoms with Gasteiger partial charge in [-0.25, -0.2) is 4.39 Å². The van der Waals surface area contributed by atoms with Crippen LogP contribution in [0.2, 0.25) is 5.02 Å². The lowest BCUT2D eigenvalue weighted by Crippen LogP contribution is -2.50. The molecule has 1 atom stereocenters. The third-order valence-electron chi connectivity index (χ3n) is 4.27. The van der Waals surface area contributed by atoms with Gasteiger partial charge in [0.05, 0.1) is 15.5 Å². The number of nitro groups is 1. The van der Waals surface area contributed by atoms with E-state index in [1.165, 1.54) is 24.3 Å². The summed E-state index contributed by atoms with van der Waals surface area (Å²) in [5, 5.41) is 16.1. The molecule has 2 amide bonds. The lowest BCUT2D eigenvalue weighted by atomic mass is 10.0. The first-order valence-electron chi connectivity index (χ1n) is 8.96. The van der Waals surface area contributed by atoms with Gasteiger partial charge in [0.1, 0.15) is 11.9 Å². The van der Waals surface area contributed by atoms with Crippen molar-refractivity contribution in [3.8, 4) is 0 Å². The lowest BCUT2D eigenvalue weighted by molar-refractivity contribution is -0.384. The van der Waals surface area contributed by atoms with Crippen molar-refractivity contribution in [1.82, 2.24) is 10.6 Å². The van der Waals surface area contributed by atoms with Gasteiger partial charge in [0.25, 0.3) is 11.6 Å². The number of nitrogens with zero attached hydrogens (tertiary/aromatic N) is 1. The van der Waals surface area contributed by atoms with Crippen LogP contribution >= 0.6 is 11.6 Å². The molecule has 2 N–H and O–H groups in total. The minimum absolute atomic E-state index is 0.0435. The topological polar surface area (TPSA) is 101 Å². The number of non-ortho nitro benzene ring substituents is 1. The van der Waals surface area contributed by atoms with E-state index < -0.39 is 16.9 Å².